The van der Waals surface area contributed by atoms with E-state index in [-0.39, 0.29) is 5.41 Å². The van der Waals surface area contributed by atoms with Crippen LogP contribution in [0.1, 0.15) is 30.4 Å². The minimum atomic E-state index is -3.07. The van der Waals surface area contributed by atoms with E-state index in [2.05, 4.69) is 23.2 Å². The number of aryl methyl sites for hydroxylation is 1. The summed E-state index contributed by atoms with van der Waals surface area (Å²) in [4.78, 5) is 4.10. The van der Waals surface area contributed by atoms with Crippen molar-refractivity contribution in [3.63, 3.8) is 0 Å². The average Bonchev–Trinajstić information content (AvgIpc) is 2.93. The Morgan fingerprint density at radius 1 is 1.00 bits per heavy atom. The quantitative estimate of drug-likeness (QED) is 0.843. The zero-order valence-electron chi connectivity index (χ0n) is 13.9. The summed E-state index contributed by atoms with van der Waals surface area (Å²) in [6, 6.07) is 10.8. The van der Waals surface area contributed by atoms with E-state index in [1.165, 1.54) is 28.5 Å². The molecule has 1 aromatic carbocycles. The summed E-state index contributed by atoms with van der Waals surface area (Å²) in [5, 5.41) is 0. The van der Waals surface area contributed by atoms with Gasteiger partial charge in [-0.25, -0.2) is 12.7 Å². The summed E-state index contributed by atoms with van der Waals surface area (Å²) < 4.78 is 25.2. The fraction of sp³-hybridized carbons (Fsp3) is 0.421. The Hall–Kier alpha value is -1.72. The average molecular weight is 342 g/mol. The molecule has 1 aliphatic carbocycles. The van der Waals surface area contributed by atoms with Gasteiger partial charge in [0, 0.05) is 25.5 Å². The Morgan fingerprint density at radius 2 is 1.71 bits per heavy atom. The Kier molecular flexibility index (Phi) is 3.73. The SMILES string of the molecule is CS(=O)(=O)N1CCC2(CCc3ccc(-c4ccncc4)cc32)CC1. The largest absolute Gasteiger partial charge is 0.265 e. The second-order valence-corrected chi connectivity index (χ2v) is 9.03. The highest BCUT2D eigenvalue weighted by Gasteiger charge is 2.42. The lowest BCUT2D eigenvalue weighted by Crippen LogP contribution is -2.43. The molecule has 5 heteroatoms. The molecule has 1 spiro atoms. The Balaban J connectivity index is 1.67. The monoisotopic (exact) mass is 342 g/mol. The number of pyridine rings is 1. The van der Waals surface area contributed by atoms with Gasteiger partial charge < -0.3 is 0 Å². The fourth-order valence-electron chi connectivity index (χ4n) is 4.29. The first-order chi connectivity index (χ1) is 11.5. The Morgan fingerprint density at radius 3 is 2.38 bits per heavy atom. The molecular weight excluding hydrogens is 320 g/mol. The van der Waals surface area contributed by atoms with Crippen molar-refractivity contribution in [2.24, 2.45) is 0 Å². The van der Waals surface area contributed by atoms with E-state index in [4.69, 9.17) is 0 Å². The number of benzene rings is 1. The highest BCUT2D eigenvalue weighted by molar-refractivity contribution is 7.88. The van der Waals surface area contributed by atoms with Gasteiger partial charge in [0.15, 0.2) is 0 Å². The molecule has 0 radical (unpaired) electrons. The van der Waals surface area contributed by atoms with E-state index in [9.17, 15) is 8.42 Å². The molecule has 4 nitrogen and oxygen atoms in total. The van der Waals surface area contributed by atoms with Crippen molar-refractivity contribution in [2.75, 3.05) is 19.3 Å². The van der Waals surface area contributed by atoms with Crippen LogP contribution < -0.4 is 0 Å². The minimum Gasteiger partial charge on any atom is -0.265 e. The molecule has 1 fully saturated rings. The lowest BCUT2D eigenvalue weighted by Gasteiger charge is -2.39. The maximum atomic E-state index is 11.8. The molecule has 24 heavy (non-hydrogen) atoms. The second kappa shape index (κ2) is 5.67. The summed E-state index contributed by atoms with van der Waals surface area (Å²) >= 11 is 0. The molecule has 126 valence electrons. The number of nitrogens with zero attached hydrogens (tertiary/aromatic N) is 2. The first kappa shape index (κ1) is 15.8. The van der Waals surface area contributed by atoms with Crippen LogP contribution in [0.25, 0.3) is 11.1 Å². The summed E-state index contributed by atoms with van der Waals surface area (Å²) in [5.41, 5.74) is 5.43. The van der Waals surface area contributed by atoms with Gasteiger partial charge in [0.1, 0.15) is 0 Å². The predicted molar refractivity (Wildman–Crippen MR) is 95.3 cm³/mol. The number of sulfonamides is 1. The number of rotatable bonds is 2. The first-order valence-corrected chi connectivity index (χ1v) is 10.3. The van der Waals surface area contributed by atoms with Crippen LogP contribution in [-0.4, -0.2) is 37.1 Å². The lowest BCUT2D eigenvalue weighted by molar-refractivity contribution is 0.233. The van der Waals surface area contributed by atoms with Crippen molar-refractivity contribution >= 4 is 10.0 Å². The zero-order chi connectivity index (χ0) is 16.8. The zero-order valence-corrected chi connectivity index (χ0v) is 14.7. The Bertz CT molecular complexity index is 854. The van der Waals surface area contributed by atoms with Crippen molar-refractivity contribution in [2.45, 2.75) is 31.1 Å². The van der Waals surface area contributed by atoms with Gasteiger partial charge in [0.25, 0.3) is 0 Å². The molecule has 4 rings (SSSR count). The molecule has 0 amide bonds. The van der Waals surface area contributed by atoms with Crippen LogP contribution in [0.5, 0.6) is 0 Å². The smallest absolute Gasteiger partial charge is 0.211 e. The van der Waals surface area contributed by atoms with Gasteiger partial charge in [-0.15, -0.1) is 0 Å². The standard InChI is InChI=1S/C19H22N2O2S/c1-24(22,23)21-12-8-19(9-13-21)7-4-16-2-3-17(14-18(16)19)15-5-10-20-11-6-15/h2-3,5-6,10-11,14H,4,7-9,12-13H2,1H3. The first-order valence-electron chi connectivity index (χ1n) is 8.47. The predicted octanol–water partition coefficient (Wildman–Crippen LogP) is 2.99. The van der Waals surface area contributed by atoms with E-state index in [1.54, 1.807) is 4.31 Å². The molecular formula is C19H22N2O2S. The summed E-state index contributed by atoms with van der Waals surface area (Å²) in [6.45, 7) is 1.27. The molecule has 0 atom stereocenters. The van der Waals surface area contributed by atoms with E-state index in [0.29, 0.717) is 13.1 Å². The highest BCUT2D eigenvalue weighted by Crippen LogP contribution is 2.47. The van der Waals surface area contributed by atoms with Crippen molar-refractivity contribution in [3.8, 4) is 11.1 Å². The summed E-state index contributed by atoms with van der Waals surface area (Å²) in [7, 11) is -3.07. The number of hydrogen-bond donors (Lipinski definition) is 0. The van der Waals surface area contributed by atoms with Crippen molar-refractivity contribution in [3.05, 3.63) is 53.9 Å². The lowest BCUT2D eigenvalue weighted by atomic mass is 9.74. The summed E-state index contributed by atoms with van der Waals surface area (Å²) in [5.74, 6) is 0. The fourth-order valence-corrected chi connectivity index (χ4v) is 5.13. The van der Waals surface area contributed by atoms with Gasteiger partial charge >= 0.3 is 0 Å². The second-order valence-electron chi connectivity index (χ2n) is 7.05. The molecule has 1 aliphatic heterocycles. The van der Waals surface area contributed by atoms with Crippen LogP contribution in [-0.2, 0) is 21.9 Å². The van der Waals surface area contributed by atoms with Gasteiger partial charge in [0.2, 0.25) is 10.0 Å². The van der Waals surface area contributed by atoms with Crippen LogP contribution in [0.3, 0.4) is 0 Å². The maximum absolute atomic E-state index is 11.8. The van der Waals surface area contributed by atoms with Gasteiger partial charge in [-0.2, -0.15) is 0 Å². The van der Waals surface area contributed by atoms with E-state index in [0.717, 1.165) is 25.7 Å². The van der Waals surface area contributed by atoms with E-state index < -0.39 is 10.0 Å². The molecule has 2 aliphatic rings. The molecule has 0 N–H and O–H groups in total. The van der Waals surface area contributed by atoms with Gasteiger partial charge in [-0.3, -0.25) is 4.98 Å². The van der Waals surface area contributed by atoms with Crippen LogP contribution in [0.2, 0.25) is 0 Å². The van der Waals surface area contributed by atoms with E-state index >= 15 is 0 Å². The normalized spacial score (nSPS) is 20.2. The van der Waals surface area contributed by atoms with E-state index in [1.807, 2.05) is 24.5 Å². The van der Waals surface area contributed by atoms with Crippen LogP contribution in [0.15, 0.2) is 42.7 Å². The third kappa shape index (κ3) is 2.66. The third-order valence-electron chi connectivity index (χ3n) is 5.72. The van der Waals surface area contributed by atoms with Crippen molar-refractivity contribution in [1.82, 2.24) is 9.29 Å². The third-order valence-corrected chi connectivity index (χ3v) is 7.02. The maximum Gasteiger partial charge on any atom is 0.211 e. The van der Waals surface area contributed by atoms with Gasteiger partial charge in [0.05, 0.1) is 6.26 Å². The topological polar surface area (TPSA) is 50.3 Å². The summed E-state index contributed by atoms with van der Waals surface area (Å²) in [6.07, 6.45) is 9.05. The molecule has 1 saturated heterocycles. The molecule has 0 unspecified atom stereocenters. The number of piperidine rings is 1. The number of hydrogen-bond acceptors (Lipinski definition) is 3. The number of fused-ring (bicyclic) bond motifs is 2. The van der Waals surface area contributed by atoms with Crippen LogP contribution in [0.4, 0.5) is 0 Å². The van der Waals surface area contributed by atoms with Gasteiger partial charge in [-0.1, -0.05) is 18.2 Å². The number of aromatic nitrogens is 1. The molecule has 0 bridgehead atoms. The molecule has 0 saturated carbocycles. The highest BCUT2D eigenvalue weighted by atomic mass is 32.2. The van der Waals surface area contributed by atoms with Crippen LogP contribution >= 0.6 is 0 Å². The molecule has 2 heterocycles. The molecule has 1 aromatic heterocycles. The minimum absolute atomic E-state index is 0.152. The van der Waals surface area contributed by atoms with Gasteiger partial charge in [-0.05, 0) is 65.5 Å². The van der Waals surface area contributed by atoms with Crippen LogP contribution in [0, 0.1) is 0 Å². The Labute approximate surface area is 143 Å². The van der Waals surface area contributed by atoms with Crippen molar-refractivity contribution in [1.29, 1.82) is 0 Å². The van der Waals surface area contributed by atoms with Crippen molar-refractivity contribution < 1.29 is 8.42 Å². The molecule has 2 aromatic rings.